The van der Waals surface area contributed by atoms with Crippen LogP contribution in [0.1, 0.15) is 39.7 Å². The zero-order chi connectivity index (χ0) is 14.8. The van der Waals surface area contributed by atoms with Gasteiger partial charge in [-0.15, -0.1) is 0 Å². The summed E-state index contributed by atoms with van der Waals surface area (Å²) in [4.78, 5) is 0. The van der Waals surface area contributed by atoms with Gasteiger partial charge in [-0.25, -0.2) is 8.93 Å². The number of hydrogen-bond donors (Lipinski definition) is 1. The Morgan fingerprint density at radius 3 is 2.50 bits per heavy atom. The first-order valence-electron chi connectivity index (χ1n) is 7.14. The van der Waals surface area contributed by atoms with E-state index in [9.17, 15) is 4.21 Å². The third-order valence-corrected chi connectivity index (χ3v) is 5.10. The van der Waals surface area contributed by atoms with Crippen molar-refractivity contribution in [3.05, 3.63) is 42.2 Å². The molecule has 2 unspecified atom stereocenters. The second-order valence-electron chi connectivity index (χ2n) is 6.14. The van der Waals surface area contributed by atoms with E-state index >= 15 is 0 Å². The molecule has 0 aliphatic carbocycles. The Bertz CT molecular complexity index is 598. The third kappa shape index (κ3) is 3.49. The molecule has 0 fully saturated rings. The van der Waals surface area contributed by atoms with Gasteiger partial charge in [-0.05, 0) is 57.4 Å². The predicted molar refractivity (Wildman–Crippen MR) is 86.2 cm³/mol. The molecule has 0 spiro atoms. The molecule has 1 N–H and O–H groups in total. The van der Waals surface area contributed by atoms with E-state index in [0.29, 0.717) is 0 Å². The van der Waals surface area contributed by atoms with E-state index in [0.717, 1.165) is 12.8 Å². The summed E-state index contributed by atoms with van der Waals surface area (Å²) in [5, 5.41) is 0. The maximum atomic E-state index is 12.2. The summed E-state index contributed by atoms with van der Waals surface area (Å²) in [5.74, 6) is 0. The van der Waals surface area contributed by atoms with Crippen LogP contribution in [0.5, 0.6) is 0 Å². The fourth-order valence-corrected chi connectivity index (χ4v) is 3.08. The predicted octanol–water partition coefficient (Wildman–Crippen LogP) is 3.31. The van der Waals surface area contributed by atoms with Crippen molar-refractivity contribution in [2.24, 2.45) is 0 Å². The molecule has 3 nitrogen and oxygen atoms in total. The van der Waals surface area contributed by atoms with Crippen molar-refractivity contribution < 1.29 is 4.21 Å². The van der Waals surface area contributed by atoms with Gasteiger partial charge in [0.2, 0.25) is 0 Å². The fraction of sp³-hybridized carbons (Fsp3) is 0.500. The lowest BCUT2D eigenvalue weighted by molar-refractivity contribution is 0.567. The maximum Gasteiger partial charge on any atom is 0.0972 e. The molecule has 2 aromatic heterocycles. The SMILES string of the molecule is CCC(Cc1cccn2cccc12)NS(=O)C(C)(C)C. The van der Waals surface area contributed by atoms with Crippen molar-refractivity contribution in [3.8, 4) is 0 Å². The molecular formula is C16H24N2OS. The first-order chi connectivity index (χ1) is 9.41. The second-order valence-corrected chi connectivity index (χ2v) is 8.14. The Kier molecular flexibility index (Phi) is 4.66. The number of pyridine rings is 1. The van der Waals surface area contributed by atoms with Gasteiger partial charge in [0.1, 0.15) is 0 Å². The molecule has 0 aliphatic rings. The minimum absolute atomic E-state index is 0.228. The molecular weight excluding hydrogens is 268 g/mol. The van der Waals surface area contributed by atoms with Crippen LogP contribution >= 0.6 is 0 Å². The standard InChI is InChI=1S/C16H24N2OS/c1-5-14(17-20(19)16(2,3)4)12-13-8-6-10-18-11-7-9-15(13)18/h6-11,14,17H,5,12H2,1-4H3. The van der Waals surface area contributed by atoms with Crippen molar-refractivity contribution in [3.63, 3.8) is 0 Å². The van der Waals surface area contributed by atoms with Crippen LogP contribution in [0.25, 0.3) is 5.52 Å². The molecule has 0 radical (unpaired) electrons. The van der Waals surface area contributed by atoms with E-state index < -0.39 is 11.0 Å². The minimum atomic E-state index is -1.02. The van der Waals surface area contributed by atoms with Crippen LogP contribution in [0.15, 0.2) is 36.7 Å². The lowest BCUT2D eigenvalue weighted by atomic mass is 10.0. The number of aromatic nitrogens is 1. The first-order valence-corrected chi connectivity index (χ1v) is 8.29. The van der Waals surface area contributed by atoms with Crippen LogP contribution in [0.2, 0.25) is 0 Å². The molecule has 0 amide bonds. The average Bonchev–Trinajstić information content (AvgIpc) is 2.85. The van der Waals surface area contributed by atoms with Crippen molar-refractivity contribution >= 4 is 16.5 Å². The Balaban J connectivity index is 2.14. The summed E-state index contributed by atoms with van der Waals surface area (Å²) in [7, 11) is -1.02. The van der Waals surface area contributed by atoms with Crippen LogP contribution < -0.4 is 4.72 Å². The number of nitrogens with one attached hydrogen (secondary N) is 1. The molecule has 2 heterocycles. The highest BCUT2D eigenvalue weighted by Gasteiger charge is 2.22. The van der Waals surface area contributed by atoms with Gasteiger partial charge in [-0.3, -0.25) is 0 Å². The van der Waals surface area contributed by atoms with Crippen molar-refractivity contribution in [2.45, 2.75) is 51.3 Å². The Morgan fingerprint density at radius 1 is 1.25 bits per heavy atom. The molecule has 0 saturated heterocycles. The van der Waals surface area contributed by atoms with E-state index in [1.54, 1.807) is 0 Å². The lowest BCUT2D eigenvalue weighted by Gasteiger charge is -2.23. The lowest BCUT2D eigenvalue weighted by Crippen LogP contribution is -2.40. The summed E-state index contributed by atoms with van der Waals surface area (Å²) in [6.45, 7) is 8.12. The molecule has 0 aromatic carbocycles. The van der Waals surface area contributed by atoms with E-state index in [2.05, 4.69) is 52.7 Å². The van der Waals surface area contributed by atoms with Crippen LogP contribution in [0.3, 0.4) is 0 Å². The normalized spacial score (nSPS) is 15.4. The maximum absolute atomic E-state index is 12.2. The Morgan fingerprint density at radius 2 is 1.90 bits per heavy atom. The molecule has 0 saturated carbocycles. The van der Waals surface area contributed by atoms with Gasteiger partial charge in [-0.2, -0.15) is 0 Å². The molecule has 0 aliphatic heterocycles. The Labute approximate surface area is 124 Å². The summed E-state index contributed by atoms with van der Waals surface area (Å²) >= 11 is 0. The number of hydrogen-bond acceptors (Lipinski definition) is 1. The quantitative estimate of drug-likeness (QED) is 0.901. The van der Waals surface area contributed by atoms with Gasteiger partial charge < -0.3 is 4.40 Å². The van der Waals surface area contributed by atoms with E-state index in [1.165, 1.54) is 11.1 Å². The summed E-state index contributed by atoms with van der Waals surface area (Å²) in [6, 6.07) is 8.63. The van der Waals surface area contributed by atoms with Gasteiger partial charge in [0.15, 0.2) is 0 Å². The highest BCUT2D eigenvalue weighted by molar-refractivity contribution is 7.84. The largest absolute Gasteiger partial charge is 0.324 e. The molecule has 20 heavy (non-hydrogen) atoms. The van der Waals surface area contributed by atoms with Gasteiger partial charge in [0.05, 0.1) is 15.7 Å². The van der Waals surface area contributed by atoms with Gasteiger partial charge in [0, 0.05) is 24.0 Å². The third-order valence-electron chi connectivity index (χ3n) is 3.44. The fourth-order valence-electron chi connectivity index (χ4n) is 2.17. The van der Waals surface area contributed by atoms with Crippen molar-refractivity contribution in [2.75, 3.05) is 0 Å². The monoisotopic (exact) mass is 292 g/mol. The van der Waals surface area contributed by atoms with Crippen LogP contribution in [-0.2, 0) is 17.4 Å². The molecule has 0 bridgehead atoms. The van der Waals surface area contributed by atoms with Crippen molar-refractivity contribution in [1.29, 1.82) is 0 Å². The van der Waals surface area contributed by atoms with Crippen molar-refractivity contribution in [1.82, 2.24) is 9.12 Å². The summed E-state index contributed by atoms with van der Waals surface area (Å²) in [5.41, 5.74) is 2.53. The topological polar surface area (TPSA) is 33.5 Å². The first kappa shape index (κ1) is 15.3. The van der Waals surface area contributed by atoms with E-state index in [4.69, 9.17) is 0 Å². The smallest absolute Gasteiger partial charge is 0.0972 e. The van der Waals surface area contributed by atoms with Gasteiger partial charge in [-0.1, -0.05) is 13.0 Å². The second kappa shape index (κ2) is 6.10. The molecule has 110 valence electrons. The Hall–Kier alpha value is -1.13. The molecule has 2 aromatic rings. The van der Waals surface area contributed by atoms with E-state index in [1.807, 2.05) is 20.8 Å². The summed E-state index contributed by atoms with van der Waals surface area (Å²) in [6.07, 6.45) is 5.97. The minimum Gasteiger partial charge on any atom is -0.324 e. The highest BCUT2D eigenvalue weighted by atomic mass is 32.2. The molecule has 2 rings (SSSR count). The van der Waals surface area contributed by atoms with Gasteiger partial charge >= 0.3 is 0 Å². The average molecular weight is 292 g/mol. The zero-order valence-electron chi connectivity index (χ0n) is 12.7. The van der Waals surface area contributed by atoms with E-state index in [-0.39, 0.29) is 10.8 Å². The van der Waals surface area contributed by atoms with Gasteiger partial charge in [0.25, 0.3) is 0 Å². The highest BCUT2D eigenvalue weighted by Crippen LogP contribution is 2.16. The molecule has 2 atom stereocenters. The number of fused-ring (bicyclic) bond motifs is 1. The number of nitrogens with zero attached hydrogens (tertiary/aromatic N) is 1. The van der Waals surface area contributed by atoms with Crippen LogP contribution in [-0.4, -0.2) is 19.4 Å². The van der Waals surface area contributed by atoms with Crippen LogP contribution in [0.4, 0.5) is 0 Å². The summed E-state index contributed by atoms with van der Waals surface area (Å²) < 4.78 is 17.4. The zero-order valence-corrected chi connectivity index (χ0v) is 13.5. The molecule has 4 heteroatoms. The number of rotatable bonds is 5. The van der Waals surface area contributed by atoms with Crippen LogP contribution in [0, 0.1) is 0 Å².